The molecule has 1 aromatic carbocycles. The van der Waals surface area contributed by atoms with E-state index in [1.54, 1.807) is 18.0 Å². The van der Waals surface area contributed by atoms with Gasteiger partial charge in [-0.1, -0.05) is 36.4 Å². The Morgan fingerprint density at radius 3 is 2.45 bits per heavy atom. The third-order valence-corrected chi connectivity index (χ3v) is 8.44. The molecule has 38 heavy (non-hydrogen) atoms. The molecule has 2 saturated heterocycles. The Kier molecular flexibility index (Phi) is 6.76. The number of hydrogen-bond acceptors (Lipinski definition) is 7. The molecule has 2 aliphatic rings. The van der Waals surface area contributed by atoms with Crippen molar-refractivity contribution in [1.29, 1.82) is 0 Å². The maximum atomic E-state index is 6.70. The summed E-state index contributed by atoms with van der Waals surface area (Å²) in [5, 5.41) is 15.2. The van der Waals surface area contributed by atoms with Gasteiger partial charge in [0, 0.05) is 63.7 Å². The number of thioether (sulfide) groups is 1. The monoisotopic (exact) mass is 524 g/mol. The number of benzene rings is 1. The summed E-state index contributed by atoms with van der Waals surface area (Å²) in [6, 6.07) is 17.2. The lowest BCUT2D eigenvalue weighted by molar-refractivity contribution is 0.404. The number of pyridine rings is 1. The van der Waals surface area contributed by atoms with Crippen LogP contribution in [0.1, 0.15) is 43.0 Å². The molecule has 4 aromatic rings. The molecule has 0 radical (unpaired) electrons. The Morgan fingerprint density at radius 1 is 1.00 bits per heavy atom. The SMILES string of the molecule is CSc1c[nH]ncc(-c2ccc(-c3ccccc3)nc2)c(N)nc1C1CC2CCC(C1)N2c1cc(C)[nH]n1. The first-order valence-electron chi connectivity index (χ1n) is 13.0. The first-order chi connectivity index (χ1) is 18.6. The van der Waals surface area contributed by atoms with Crippen molar-refractivity contribution in [1.82, 2.24) is 30.4 Å². The largest absolute Gasteiger partial charge is 0.383 e. The van der Waals surface area contributed by atoms with Crippen LogP contribution in [0.3, 0.4) is 0 Å². The summed E-state index contributed by atoms with van der Waals surface area (Å²) in [6.45, 7) is 2.05. The fourth-order valence-corrected chi connectivity index (χ4v) is 6.50. The smallest absolute Gasteiger partial charge is 0.151 e. The van der Waals surface area contributed by atoms with Gasteiger partial charge < -0.3 is 10.6 Å². The van der Waals surface area contributed by atoms with Crippen LogP contribution in [0.5, 0.6) is 0 Å². The number of nitrogens with two attached hydrogens (primary N) is 1. The highest BCUT2D eigenvalue weighted by atomic mass is 32.2. The van der Waals surface area contributed by atoms with Crippen LogP contribution in [0.25, 0.3) is 22.4 Å². The van der Waals surface area contributed by atoms with E-state index >= 15 is 0 Å². The minimum absolute atomic E-state index is 0.306. The first kappa shape index (κ1) is 24.5. The lowest BCUT2D eigenvalue weighted by atomic mass is 9.88. The van der Waals surface area contributed by atoms with E-state index in [-0.39, 0.29) is 0 Å². The van der Waals surface area contributed by atoms with Crippen molar-refractivity contribution < 1.29 is 0 Å². The number of anilines is 2. The average Bonchev–Trinajstić information content (AvgIpc) is 3.50. The molecule has 8 nitrogen and oxygen atoms in total. The number of rotatable bonds is 5. The number of fused-ring (bicyclic) bond motifs is 2. The van der Waals surface area contributed by atoms with Gasteiger partial charge in [-0.15, -0.1) is 11.8 Å². The molecule has 5 heterocycles. The number of nitrogen functional groups attached to an aromatic ring is 1. The Labute approximate surface area is 226 Å². The molecule has 6 rings (SSSR count). The van der Waals surface area contributed by atoms with E-state index in [0.29, 0.717) is 23.8 Å². The average molecular weight is 525 g/mol. The number of aryl methyl sites for hydroxylation is 1. The van der Waals surface area contributed by atoms with Crippen molar-refractivity contribution in [3.8, 4) is 22.4 Å². The topological polar surface area (TPSA) is 112 Å². The normalized spacial score (nSPS) is 20.4. The number of piperidine rings is 1. The van der Waals surface area contributed by atoms with Crippen LogP contribution in [0.2, 0.25) is 0 Å². The highest BCUT2D eigenvalue weighted by Crippen LogP contribution is 2.46. The van der Waals surface area contributed by atoms with Crippen molar-refractivity contribution in [3.63, 3.8) is 0 Å². The summed E-state index contributed by atoms with van der Waals surface area (Å²) in [4.78, 5) is 13.4. The van der Waals surface area contributed by atoms with E-state index < -0.39 is 0 Å². The highest BCUT2D eigenvalue weighted by molar-refractivity contribution is 7.98. The summed E-state index contributed by atoms with van der Waals surface area (Å²) in [5.41, 5.74) is 12.5. The second-order valence-electron chi connectivity index (χ2n) is 10.1. The van der Waals surface area contributed by atoms with Crippen molar-refractivity contribution in [3.05, 3.63) is 78.5 Å². The summed E-state index contributed by atoms with van der Waals surface area (Å²) in [5.74, 6) is 1.83. The lowest BCUT2D eigenvalue weighted by Crippen LogP contribution is -2.42. The first-order valence-corrected chi connectivity index (χ1v) is 14.3. The molecule has 0 aliphatic carbocycles. The van der Waals surface area contributed by atoms with Gasteiger partial charge in [0.05, 0.1) is 17.6 Å². The predicted molar refractivity (Wildman–Crippen MR) is 153 cm³/mol. The molecule has 9 heteroatoms. The van der Waals surface area contributed by atoms with E-state index in [9.17, 15) is 0 Å². The number of aromatic nitrogens is 6. The fraction of sp³-hybridized carbons (Fsp3) is 0.310. The molecule has 0 amide bonds. The van der Waals surface area contributed by atoms with E-state index in [1.165, 1.54) is 12.8 Å². The van der Waals surface area contributed by atoms with Crippen molar-refractivity contribution in [2.24, 2.45) is 0 Å². The van der Waals surface area contributed by atoms with E-state index in [0.717, 1.165) is 57.3 Å². The maximum absolute atomic E-state index is 6.70. The zero-order chi connectivity index (χ0) is 26.1. The molecular formula is C29H32N8S. The van der Waals surface area contributed by atoms with Gasteiger partial charge in [-0.25, -0.2) is 4.98 Å². The fourth-order valence-electron chi connectivity index (χ4n) is 5.90. The number of nitrogens with zero attached hydrogens (tertiary/aromatic N) is 5. The molecule has 4 N–H and O–H groups in total. The predicted octanol–water partition coefficient (Wildman–Crippen LogP) is 5.91. The van der Waals surface area contributed by atoms with Gasteiger partial charge in [0.1, 0.15) is 5.82 Å². The van der Waals surface area contributed by atoms with Gasteiger partial charge in [0.25, 0.3) is 0 Å². The standard InChI is InChI=1S/C29H32N8S/c1-18-12-27(36-35-18)37-22-9-10-23(37)14-21(13-22)28-26(38-2)17-33-32-16-24(29(30)34-28)20-8-11-25(31-15-20)19-6-4-3-5-7-19/h3-8,11-12,15-17,21-23,33H,9-10,13-14,30H2,1-2H3,(H,35,36). The molecular weight excluding hydrogens is 492 g/mol. The van der Waals surface area contributed by atoms with E-state index in [4.69, 9.17) is 15.7 Å². The second kappa shape index (κ2) is 10.5. The van der Waals surface area contributed by atoms with Crippen molar-refractivity contribution in [2.75, 3.05) is 16.9 Å². The summed E-state index contributed by atoms with van der Waals surface area (Å²) in [7, 11) is 0. The van der Waals surface area contributed by atoms with Gasteiger partial charge in [-0.3, -0.25) is 15.2 Å². The van der Waals surface area contributed by atoms with Crippen LogP contribution in [-0.4, -0.2) is 48.7 Å². The molecule has 0 spiro atoms. The number of aromatic amines is 2. The number of H-pyrrole nitrogens is 2. The molecule has 2 bridgehead atoms. The van der Waals surface area contributed by atoms with E-state index in [1.807, 2.05) is 42.7 Å². The van der Waals surface area contributed by atoms with E-state index in [2.05, 4.69) is 56.7 Å². The molecule has 2 atom stereocenters. The molecule has 2 aliphatic heterocycles. The van der Waals surface area contributed by atoms with Crippen LogP contribution in [0.15, 0.2) is 72.0 Å². The van der Waals surface area contributed by atoms with Crippen molar-refractivity contribution in [2.45, 2.75) is 55.5 Å². The van der Waals surface area contributed by atoms with Crippen LogP contribution < -0.4 is 10.6 Å². The molecule has 2 unspecified atom stereocenters. The summed E-state index contributed by atoms with van der Waals surface area (Å²) in [6.07, 6.45) is 12.0. The van der Waals surface area contributed by atoms with Crippen LogP contribution in [0.4, 0.5) is 11.6 Å². The zero-order valence-electron chi connectivity index (χ0n) is 21.6. The number of nitrogens with one attached hydrogen (secondary N) is 2. The lowest BCUT2D eigenvalue weighted by Gasteiger charge is -2.39. The summed E-state index contributed by atoms with van der Waals surface area (Å²) >= 11 is 1.67. The number of hydrogen-bond donors (Lipinski definition) is 3. The summed E-state index contributed by atoms with van der Waals surface area (Å²) < 4.78 is 0. The Hall–Kier alpha value is -3.85. The van der Waals surface area contributed by atoms with Crippen LogP contribution in [0, 0.1) is 6.92 Å². The minimum Gasteiger partial charge on any atom is -0.383 e. The Bertz CT molecular complexity index is 1450. The third-order valence-electron chi connectivity index (χ3n) is 7.67. The van der Waals surface area contributed by atoms with Crippen LogP contribution in [-0.2, 0) is 0 Å². The van der Waals surface area contributed by atoms with Crippen molar-refractivity contribution >= 4 is 23.4 Å². The molecule has 194 valence electrons. The van der Waals surface area contributed by atoms with Crippen LogP contribution >= 0.6 is 11.8 Å². The van der Waals surface area contributed by atoms with Gasteiger partial charge >= 0.3 is 0 Å². The highest BCUT2D eigenvalue weighted by Gasteiger charge is 2.43. The quantitative estimate of drug-likeness (QED) is 0.278. The molecule has 3 aromatic heterocycles. The van der Waals surface area contributed by atoms with Gasteiger partial charge in [0.15, 0.2) is 5.82 Å². The third kappa shape index (κ3) is 4.74. The minimum atomic E-state index is 0.306. The van der Waals surface area contributed by atoms with Gasteiger partial charge in [-0.2, -0.15) is 10.2 Å². The maximum Gasteiger partial charge on any atom is 0.151 e. The molecule has 2 fully saturated rings. The second-order valence-corrected chi connectivity index (χ2v) is 10.9. The molecule has 0 saturated carbocycles. The van der Waals surface area contributed by atoms with Gasteiger partial charge in [-0.05, 0) is 44.9 Å². The Morgan fingerprint density at radius 2 is 1.79 bits per heavy atom. The Balaban J connectivity index is 1.35. The van der Waals surface area contributed by atoms with Gasteiger partial charge in [0.2, 0.25) is 0 Å². The zero-order valence-corrected chi connectivity index (χ0v) is 22.4.